The molecule has 160 valence electrons. The number of carbonyl (C=O) groups excluding carboxylic acids is 2. The first kappa shape index (κ1) is 21.9. The van der Waals surface area contributed by atoms with Crippen LogP contribution in [-0.4, -0.2) is 59.0 Å². The van der Waals surface area contributed by atoms with E-state index in [1.165, 1.54) is 23.0 Å². The minimum Gasteiger partial charge on any atom is -0.382 e. The summed E-state index contributed by atoms with van der Waals surface area (Å²) < 4.78 is 38.2. The predicted octanol–water partition coefficient (Wildman–Crippen LogP) is 3.61. The minimum atomic E-state index is -4.41. The van der Waals surface area contributed by atoms with E-state index in [0.29, 0.717) is 11.1 Å². The van der Waals surface area contributed by atoms with Crippen LogP contribution < -0.4 is 5.73 Å². The zero-order valence-electron chi connectivity index (χ0n) is 16.1. The molecule has 1 unspecified atom stereocenters. The molecule has 2 amide bonds. The number of rotatable bonds is 4. The molecule has 1 aliphatic rings. The van der Waals surface area contributed by atoms with E-state index in [1.807, 2.05) is 0 Å². The molecule has 0 bridgehead atoms. The number of carbonyl (C=O) groups is 2. The normalized spacial score (nSPS) is 17.4. The van der Waals surface area contributed by atoms with E-state index in [-0.39, 0.29) is 29.5 Å². The van der Waals surface area contributed by atoms with Crippen molar-refractivity contribution in [2.24, 2.45) is 0 Å². The van der Waals surface area contributed by atoms with E-state index in [0.717, 1.165) is 0 Å². The molecule has 2 N–H and O–H groups in total. The molecule has 0 radical (unpaired) electrons. The molecule has 0 saturated carbocycles. The Hall–Kier alpha value is -2.81. The first-order valence-corrected chi connectivity index (χ1v) is 9.59. The molecule has 30 heavy (non-hydrogen) atoms. The van der Waals surface area contributed by atoms with Gasteiger partial charge in [-0.15, -0.1) is 0 Å². The maximum Gasteiger partial charge on any atom is 0.389 e. The van der Waals surface area contributed by atoms with E-state index < -0.39 is 36.9 Å². The van der Waals surface area contributed by atoms with Crippen molar-refractivity contribution in [2.45, 2.75) is 25.1 Å². The fourth-order valence-electron chi connectivity index (χ4n) is 3.34. The molecule has 1 atom stereocenters. The number of nitrogen functional groups attached to an aromatic ring is 1. The van der Waals surface area contributed by atoms with Crippen LogP contribution in [0.1, 0.15) is 23.2 Å². The summed E-state index contributed by atoms with van der Waals surface area (Å²) in [5.41, 5.74) is 7.15. The van der Waals surface area contributed by atoms with Gasteiger partial charge in [0.1, 0.15) is 11.9 Å². The Kier molecular flexibility index (Phi) is 6.21. The quantitative estimate of drug-likeness (QED) is 0.787. The molecule has 1 saturated heterocycles. The van der Waals surface area contributed by atoms with Crippen molar-refractivity contribution in [3.63, 3.8) is 0 Å². The van der Waals surface area contributed by atoms with Crippen molar-refractivity contribution >= 4 is 29.2 Å². The smallest absolute Gasteiger partial charge is 0.382 e. The van der Waals surface area contributed by atoms with Gasteiger partial charge in [-0.25, -0.2) is 4.98 Å². The van der Waals surface area contributed by atoms with Gasteiger partial charge in [-0.1, -0.05) is 23.7 Å². The molecule has 1 aromatic heterocycles. The summed E-state index contributed by atoms with van der Waals surface area (Å²) in [6.07, 6.45) is -4.52. The Morgan fingerprint density at radius 3 is 2.67 bits per heavy atom. The van der Waals surface area contributed by atoms with Gasteiger partial charge in [0, 0.05) is 43.9 Å². The Morgan fingerprint density at radius 2 is 2.00 bits per heavy atom. The van der Waals surface area contributed by atoms with E-state index >= 15 is 0 Å². The van der Waals surface area contributed by atoms with Crippen molar-refractivity contribution in [2.75, 3.05) is 25.9 Å². The van der Waals surface area contributed by atoms with Crippen molar-refractivity contribution in [3.8, 4) is 11.1 Å². The zero-order chi connectivity index (χ0) is 22.1. The molecule has 6 nitrogen and oxygen atoms in total. The van der Waals surface area contributed by atoms with Crippen LogP contribution in [0.4, 0.5) is 19.0 Å². The highest BCUT2D eigenvalue weighted by molar-refractivity contribution is 6.33. The predicted molar refractivity (Wildman–Crippen MR) is 107 cm³/mol. The summed E-state index contributed by atoms with van der Waals surface area (Å²) in [5, 5.41) is 0.265. The second kappa shape index (κ2) is 8.51. The Labute approximate surface area is 176 Å². The second-order valence-electron chi connectivity index (χ2n) is 7.10. The van der Waals surface area contributed by atoms with Crippen molar-refractivity contribution < 1.29 is 22.8 Å². The molecule has 10 heteroatoms. The summed E-state index contributed by atoms with van der Waals surface area (Å²) in [6, 6.07) is 7.00. The third-order valence-corrected chi connectivity index (χ3v) is 5.29. The number of piperazine rings is 1. The van der Waals surface area contributed by atoms with Gasteiger partial charge in [0.25, 0.3) is 5.91 Å². The highest BCUT2D eigenvalue weighted by atomic mass is 35.5. The Morgan fingerprint density at radius 1 is 1.27 bits per heavy atom. The molecular weight excluding hydrogens is 421 g/mol. The maximum atomic E-state index is 13.1. The average molecular weight is 441 g/mol. The molecule has 2 heterocycles. The van der Waals surface area contributed by atoms with E-state index in [1.54, 1.807) is 30.3 Å². The number of likely N-dealkylation sites (N-methyl/N-ethyl adjacent to an activating group) is 1. The van der Waals surface area contributed by atoms with Gasteiger partial charge in [0.05, 0.1) is 5.02 Å². The number of alkyl halides is 3. The van der Waals surface area contributed by atoms with Crippen LogP contribution in [0.25, 0.3) is 11.1 Å². The highest BCUT2D eigenvalue weighted by Gasteiger charge is 2.39. The number of anilines is 1. The summed E-state index contributed by atoms with van der Waals surface area (Å²) in [4.78, 5) is 32.1. The molecular formula is C20H20ClF3N4O2. The molecule has 0 spiro atoms. The number of pyridine rings is 1. The standard InChI is InChI=1S/C20H20ClF3N4O2/c1-27-7-8-28(16(19(27)30)5-6-20(22,23)24)18(29)13-4-2-3-12(9-13)14-10-15(21)17(25)26-11-14/h2-4,9-11,16H,5-8H2,1H3,(H2,25,26). The second-order valence-corrected chi connectivity index (χ2v) is 7.51. The number of hydrogen-bond acceptors (Lipinski definition) is 4. The van der Waals surface area contributed by atoms with E-state index in [4.69, 9.17) is 17.3 Å². The van der Waals surface area contributed by atoms with Crippen molar-refractivity contribution in [1.82, 2.24) is 14.8 Å². The van der Waals surface area contributed by atoms with Crippen LogP contribution >= 0.6 is 11.6 Å². The average Bonchev–Trinajstić information content (AvgIpc) is 2.70. The number of aromatic nitrogens is 1. The Balaban J connectivity index is 1.88. The maximum absolute atomic E-state index is 13.1. The number of amides is 2. The van der Waals surface area contributed by atoms with Gasteiger partial charge in [0.15, 0.2) is 0 Å². The molecule has 1 aromatic carbocycles. The van der Waals surface area contributed by atoms with Gasteiger partial charge in [-0.3, -0.25) is 9.59 Å². The van der Waals surface area contributed by atoms with Crippen LogP contribution in [0.2, 0.25) is 5.02 Å². The molecule has 0 aliphatic carbocycles. The van der Waals surface area contributed by atoms with Crippen molar-refractivity contribution in [3.05, 3.63) is 47.1 Å². The lowest BCUT2D eigenvalue weighted by atomic mass is 10.0. The fourth-order valence-corrected chi connectivity index (χ4v) is 3.50. The topological polar surface area (TPSA) is 79.5 Å². The van der Waals surface area contributed by atoms with Gasteiger partial charge < -0.3 is 15.5 Å². The number of nitrogens with two attached hydrogens (primary N) is 1. The number of benzene rings is 1. The zero-order valence-corrected chi connectivity index (χ0v) is 16.9. The number of hydrogen-bond donors (Lipinski definition) is 1. The van der Waals surface area contributed by atoms with Crippen LogP contribution in [0.5, 0.6) is 0 Å². The molecule has 1 aliphatic heterocycles. The third kappa shape index (κ3) is 4.84. The number of halogens is 4. The lowest BCUT2D eigenvalue weighted by Gasteiger charge is -2.39. The number of nitrogens with zero attached hydrogens (tertiary/aromatic N) is 3. The largest absolute Gasteiger partial charge is 0.389 e. The first-order valence-electron chi connectivity index (χ1n) is 9.21. The first-order chi connectivity index (χ1) is 14.1. The molecule has 2 aromatic rings. The highest BCUT2D eigenvalue weighted by Crippen LogP contribution is 2.28. The monoisotopic (exact) mass is 440 g/mol. The van der Waals surface area contributed by atoms with Crippen LogP contribution in [0.15, 0.2) is 36.5 Å². The van der Waals surface area contributed by atoms with Gasteiger partial charge in [-0.2, -0.15) is 13.2 Å². The lowest BCUT2D eigenvalue weighted by molar-refractivity contribution is -0.148. The summed E-state index contributed by atoms with van der Waals surface area (Å²) in [7, 11) is 1.52. The Bertz CT molecular complexity index is 967. The van der Waals surface area contributed by atoms with Gasteiger partial charge in [0.2, 0.25) is 5.91 Å². The fraction of sp³-hybridized carbons (Fsp3) is 0.350. The summed E-state index contributed by atoms with van der Waals surface area (Å²) >= 11 is 6.01. The van der Waals surface area contributed by atoms with Crippen LogP contribution in [0, 0.1) is 0 Å². The van der Waals surface area contributed by atoms with Crippen LogP contribution in [0.3, 0.4) is 0 Å². The SMILES string of the molecule is CN1CCN(C(=O)c2cccc(-c3cnc(N)c(Cl)c3)c2)C(CCC(F)(F)F)C1=O. The van der Waals surface area contributed by atoms with E-state index in [2.05, 4.69) is 4.98 Å². The summed E-state index contributed by atoms with van der Waals surface area (Å²) in [5.74, 6) is -0.819. The van der Waals surface area contributed by atoms with Crippen LogP contribution in [-0.2, 0) is 4.79 Å². The lowest BCUT2D eigenvalue weighted by Crippen LogP contribution is -2.57. The minimum absolute atomic E-state index is 0.156. The summed E-state index contributed by atoms with van der Waals surface area (Å²) in [6.45, 7) is 0.410. The van der Waals surface area contributed by atoms with Gasteiger partial charge in [-0.05, 0) is 30.2 Å². The van der Waals surface area contributed by atoms with E-state index in [9.17, 15) is 22.8 Å². The third-order valence-electron chi connectivity index (χ3n) is 4.99. The van der Waals surface area contributed by atoms with Gasteiger partial charge >= 0.3 is 6.18 Å². The van der Waals surface area contributed by atoms with Crippen molar-refractivity contribution in [1.29, 1.82) is 0 Å². The molecule has 1 fully saturated rings. The molecule has 3 rings (SSSR count).